The molecule has 2 amide bonds. The number of hydrogen-bond acceptors (Lipinski definition) is 8. The highest BCUT2D eigenvalue weighted by molar-refractivity contribution is 8.18. The topological polar surface area (TPSA) is 106 Å². The Bertz CT molecular complexity index is 1120. The number of imide groups is 1. The van der Waals surface area contributed by atoms with Crippen LogP contribution in [0.3, 0.4) is 0 Å². The van der Waals surface area contributed by atoms with E-state index in [2.05, 4.69) is 14.7 Å². The lowest BCUT2D eigenvalue weighted by Crippen LogP contribution is -2.42. The van der Waals surface area contributed by atoms with Crippen LogP contribution in [-0.4, -0.2) is 45.1 Å². The standard InChI is InChI=1S/C19H15N3O5S2/c1-10(17(24)26-2)22-16(23)14(28-19(22)25)9-11-7-8-15(27-11)29-18-20-12-5-3-4-6-13(12)21-18/h3-10H,1-2H3,(H,20,21)/b14-9+/t10-/m1/s1. The zero-order chi connectivity index (χ0) is 20.5. The van der Waals surface area contributed by atoms with Gasteiger partial charge in [-0.05, 0) is 54.7 Å². The molecule has 3 heterocycles. The number of thioether (sulfide) groups is 1. The number of carbonyl (C=O) groups is 3. The normalized spacial score (nSPS) is 16.8. The Hall–Kier alpha value is -2.98. The molecule has 29 heavy (non-hydrogen) atoms. The lowest BCUT2D eigenvalue weighted by Gasteiger charge is -2.18. The van der Waals surface area contributed by atoms with E-state index in [-0.39, 0.29) is 4.91 Å². The molecule has 0 radical (unpaired) electrons. The van der Waals surface area contributed by atoms with Crippen molar-refractivity contribution in [2.75, 3.05) is 7.11 Å². The highest BCUT2D eigenvalue weighted by Gasteiger charge is 2.41. The molecule has 1 atom stereocenters. The van der Waals surface area contributed by atoms with E-state index in [1.807, 2.05) is 24.3 Å². The Morgan fingerprint density at radius 1 is 1.31 bits per heavy atom. The fourth-order valence-electron chi connectivity index (χ4n) is 2.76. The van der Waals surface area contributed by atoms with E-state index >= 15 is 0 Å². The van der Waals surface area contributed by atoms with Crippen LogP contribution in [0.1, 0.15) is 12.7 Å². The number of para-hydroxylation sites is 2. The van der Waals surface area contributed by atoms with E-state index in [9.17, 15) is 14.4 Å². The van der Waals surface area contributed by atoms with Gasteiger partial charge in [-0.25, -0.2) is 9.78 Å². The number of nitrogens with zero attached hydrogens (tertiary/aromatic N) is 2. The summed E-state index contributed by atoms with van der Waals surface area (Å²) in [6.45, 7) is 1.44. The molecule has 148 valence electrons. The smallest absolute Gasteiger partial charge is 0.328 e. The largest absolute Gasteiger partial charge is 0.467 e. The molecule has 2 aromatic heterocycles. The van der Waals surface area contributed by atoms with Crippen LogP contribution in [0, 0.1) is 0 Å². The summed E-state index contributed by atoms with van der Waals surface area (Å²) < 4.78 is 10.3. The van der Waals surface area contributed by atoms with Gasteiger partial charge in [0.2, 0.25) is 0 Å². The molecule has 3 aromatic rings. The van der Waals surface area contributed by atoms with Gasteiger partial charge in [-0.15, -0.1) is 0 Å². The molecule has 1 aliphatic heterocycles. The first-order valence-electron chi connectivity index (χ1n) is 8.53. The van der Waals surface area contributed by atoms with E-state index in [0.29, 0.717) is 16.0 Å². The van der Waals surface area contributed by atoms with Crippen LogP contribution >= 0.6 is 23.5 Å². The highest BCUT2D eigenvalue weighted by Crippen LogP contribution is 2.35. The molecule has 1 aromatic carbocycles. The zero-order valence-electron chi connectivity index (χ0n) is 15.4. The minimum absolute atomic E-state index is 0.181. The van der Waals surface area contributed by atoms with E-state index in [0.717, 1.165) is 27.7 Å². The number of aromatic amines is 1. The summed E-state index contributed by atoms with van der Waals surface area (Å²) in [4.78, 5) is 45.1. The summed E-state index contributed by atoms with van der Waals surface area (Å²) in [5, 5.41) is 0.736. The van der Waals surface area contributed by atoms with Crippen molar-refractivity contribution in [2.45, 2.75) is 23.2 Å². The Balaban J connectivity index is 1.51. The molecule has 1 saturated heterocycles. The van der Waals surface area contributed by atoms with Crippen LogP contribution in [0.4, 0.5) is 4.79 Å². The molecular formula is C19H15N3O5S2. The lowest BCUT2D eigenvalue weighted by atomic mass is 10.3. The predicted octanol–water partition coefficient (Wildman–Crippen LogP) is 3.90. The first-order chi connectivity index (χ1) is 14.0. The predicted molar refractivity (Wildman–Crippen MR) is 108 cm³/mol. The summed E-state index contributed by atoms with van der Waals surface area (Å²) in [5.74, 6) is -0.795. The van der Waals surface area contributed by atoms with Crippen molar-refractivity contribution in [3.8, 4) is 0 Å². The maximum atomic E-state index is 12.5. The fourth-order valence-corrected chi connectivity index (χ4v) is 4.42. The van der Waals surface area contributed by atoms with E-state index in [4.69, 9.17) is 4.42 Å². The van der Waals surface area contributed by atoms with Crippen LogP contribution in [0.5, 0.6) is 0 Å². The molecule has 0 saturated carbocycles. The Morgan fingerprint density at radius 2 is 2.10 bits per heavy atom. The van der Waals surface area contributed by atoms with Gasteiger partial charge in [0.05, 0.1) is 23.0 Å². The summed E-state index contributed by atoms with van der Waals surface area (Å²) >= 11 is 2.07. The van der Waals surface area contributed by atoms with Gasteiger partial charge < -0.3 is 14.1 Å². The van der Waals surface area contributed by atoms with Crippen molar-refractivity contribution < 1.29 is 23.5 Å². The Morgan fingerprint density at radius 3 is 2.86 bits per heavy atom. The number of carbonyl (C=O) groups excluding carboxylic acids is 3. The Labute approximate surface area is 173 Å². The van der Waals surface area contributed by atoms with Crippen molar-refractivity contribution in [1.29, 1.82) is 0 Å². The third kappa shape index (κ3) is 3.81. The molecule has 4 rings (SSSR count). The molecule has 1 fully saturated rings. The van der Waals surface area contributed by atoms with Crippen LogP contribution < -0.4 is 0 Å². The maximum absolute atomic E-state index is 12.5. The monoisotopic (exact) mass is 429 g/mol. The molecule has 0 unspecified atom stereocenters. The van der Waals surface area contributed by atoms with Gasteiger partial charge in [-0.1, -0.05) is 12.1 Å². The second kappa shape index (κ2) is 7.80. The fraction of sp³-hybridized carbons (Fsp3) is 0.158. The zero-order valence-corrected chi connectivity index (χ0v) is 17.0. The van der Waals surface area contributed by atoms with Gasteiger partial charge >= 0.3 is 5.97 Å². The molecular weight excluding hydrogens is 414 g/mol. The van der Waals surface area contributed by atoms with E-state index in [1.54, 1.807) is 12.1 Å². The number of rotatable bonds is 5. The lowest BCUT2D eigenvalue weighted by molar-refractivity contribution is -0.148. The second-order valence-electron chi connectivity index (χ2n) is 6.07. The van der Waals surface area contributed by atoms with Gasteiger partial charge in [-0.2, -0.15) is 0 Å². The third-order valence-electron chi connectivity index (χ3n) is 4.19. The van der Waals surface area contributed by atoms with Gasteiger partial charge in [0, 0.05) is 6.08 Å². The number of ether oxygens (including phenoxy) is 1. The molecule has 1 aliphatic rings. The number of amides is 2. The summed E-state index contributed by atoms with van der Waals surface area (Å²) in [6.07, 6.45) is 1.48. The highest BCUT2D eigenvalue weighted by atomic mass is 32.2. The average molecular weight is 429 g/mol. The molecule has 8 nitrogen and oxygen atoms in total. The minimum Gasteiger partial charge on any atom is -0.467 e. The van der Waals surface area contributed by atoms with Crippen LogP contribution in [-0.2, 0) is 14.3 Å². The summed E-state index contributed by atoms with van der Waals surface area (Å²) in [6, 6.07) is 10.1. The van der Waals surface area contributed by atoms with Crippen LogP contribution in [0.15, 0.2) is 56.0 Å². The van der Waals surface area contributed by atoms with Crippen molar-refractivity contribution >= 4 is 57.7 Å². The quantitative estimate of drug-likeness (QED) is 0.481. The molecule has 1 N–H and O–H groups in total. The van der Waals surface area contributed by atoms with E-state index < -0.39 is 23.2 Å². The van der Waals surface area contributed by atoms with Crippen molar-refractivity contribution in [2.24, 2.45) is 0 Å². The molecule has 0 spiro atoms. The van der Waals surface area contributed by atoms with Crippen LogP contribution in [0.2, 0.25) is 0 Å². The maximum Gasteiger partial charge on any atom is 0.328 e. The number of nitrogens with one attached hydrogen (secondary N) is 1. The minimum atomic E-state index is -0.991. The van der Waals surface area contributed by atoms with Gasteiger partial charge in [-0.3, -0.25) is 14.5 Å². The van der Waals surface area contributed by atoms with E-state index in [1.165, 1.54) is 31.9 Å². The Kier molecular flexibility index (Phi) is 5.20. The van der Waals surface area contributed by atoms with Gasteiger partial charge in [0.1, 0.15) is 11.8 Å². The molecule has 0 bridgehead atoms. The molecule has 0 aliphatic carbocycles. The van der Waals surface area contributed by atoms with Gasteiger partial charge in [0.15, 0.2) is 10.2 Å². The van der Waals surface area contributed by atoms with Crippen molar-refractivity contribution in [1.82, 2.24) is 14.9 Å². The first-order valence-corrected chi connectivity index (χ1v) is 10.2. The number of methoxy groups -OCH3 is 1. The number of esters is 1. The number of aromatic nitrogens is 2. The van der Waals surface area contributed by atoms with Crippen LogP contribution in [0.25, 0.3) is 17.1 Å². The number of fused-ring (bicyclic) bond motifs is 1. The number of H-pyrrole nitrogens is 1. The number of benzene rings is 1. The second-order valence-corrected chi connectivity index (χ2v) is 8.06. The number of furan rings is 1. The first kappa shape index (κ1) is 19.3. The number of imidazole rings is 1. The van der Waals surface area contributed by atoms with Gasteiger partial charge in [0.25, 0.3) is 11.1 Å². The van der Waals surface area contributed by atoms with Crippen molar-refractivity contribution in [3.05, 3.63) is 47.1 Å². The van der Waals surface area contributed by atoms with Crippen molar-refractivity contribution in [3.63, 3.8) is 0 Å². The SMILES string of the molecule is COC(=O)[C@@H](C)N1C(=O)S/C(=C/c2ccc(Sc3nc4ccccc4[nH]3)o2)C1=O. The number of hydrogen-bond donors (Lipinski definition) is 1. The third-order valence-corrected chi connectivity index (χ3v) is 5.88. The summed E-state index contributed by atoms with van der Waals surface area (Å²) in [7, 11) is 1.21. The summed E-state index contributed by atoms with van der Waals surface area (Å²) in [5.41, 5.74) is 1.78. The average Bonchev–Trinajstić information content (AvgIpc) is 3.39. The molecule has 10 heteroatoms.